The minimum atomic E-state index is -0.287. The predicted molar refractivity (Wildman–Crippen MR) is 90.7 cm³/mol. The second kappa shape index (κ2) is 7.42. The second-order valence-electron chi connectivity index (χ2n) is 4.36. The van der Waals surface area contributed by atoms with Gasteiger partial charge in [-0.15, -0.1) is 11.8 Å². The number of ether oxygens (including phenoxy) is 2. The predicted octanol–water partition coefficient (Wildman–Crippen LogP) is 4.33. The van der Waals surface area contributed by atoms with Crippen molar-refractivity contribution in [1.29, 1.82) is 0 Å². The van der Waals surface area contributed by atoms with Crippen molar-refractivity contribution in [1.82, 2.24) is 0 Å². The zero-order chi connectivity index (χ0) is 16.1. The molecule has 6 heteroatoms. The standard InChI is InChI=1S/C16H16ClNO3S/c1-20-14-7-4-10(17)8-13(14)18-16(19)12-6-5-11(22-3)9-15(12)21-2/h4-9H,1-3H3,(H,18,19). The molecule has 2 aromatic carbocycles. The summed E-state index contributed by atoms with van der Waals surface area (Å²) in [5, 5.41) is 3.31. The Kier molecular flexibility index (Phi) is 5.57. The van der Waals surface area contributed by atoms with Gasteiger partial charge in [-0.25, -0.2) is 0 Å². The van der Waals surface area contributed by atoms with Crippen LogP contribution in [0.4, 0.5) is 5.69 Å². The van der Waals surface area contributed by atoms with E-state index in [1.165, 1.54) is 14.2 Å². The van der Waals surface area contributed by atoms with Gasteiger partial charge in [0.2, 0.25) is 0 Å². The van der Waals surface area contributed by atoms with E-state index in [1.54, 1.807) is 36.0 Å². The molecule has 22 heavy (non-hydrogen) atoms. The van der Waals surface area contributed by atoms with Crippen molar-refractivity contribution in [2.45, 2.75) is 4.90 Å². The van der Waals surface area contributed by atoms with Crippen molar-refractivity contribution in [2.75, 3.05) is 25.8 Å². The summed E-state index contributed by atoms with van der Waals surface area (Å²) < 4.78 is 10.5. The normalized spacial score (nSPS) is 10.2. The highest BCUT2D eigenvalue weighted by Crippen LogP contribution is 2.30. The Morgan fingerprint density at radius 1 is 1.09 bits per heavy atom. The molecule has 1 N–H and O–H groups in total. The summed E-state index contributed by atoms with van der Waals surface area (Å²) in [6.07, 6.45) is 1.96. The zero-order valence-electron chi connectivity index (χ0n) is 12.5. The van der Waals surface area contributed by atoms with Gasteiger partial charge in [0.15, 0.2) is 0 Å². The molecule has 2 rings (SSSR count). The lowest BCUT2D eigenvalue weighted by Crippen LogP contribution is -2.14. The number of thioether (sulfide) groups is 1. The first kappa shape index (κ1) is 16.5. The Labute approximate surface area is 138 Å². The first-order chi connectivity index (χ1) is 10.6. The fourth-order valence-corrected chi connectivity index (χ4v) is 2.55. The first-order valence-corrected chi connectivity index (χ1v) is 8.06. The molecule has 0 saturated heterocycles. The van der Waals surface area contributed by atoms with Crippen molar-refractivity contribution < 1.29 is 14.3 Å². The van der Waals surface area contributed by atoms with Crippen LogP contribution in [0.15, 0.2) is 41.3 Å². The Hall–Kier alpha value is -1.85. The summed E-state index contributed by atoms with van der Waals surface area (Å²) in [6, 6.07) is 10.5. The Bertz CT molecular complexity index is 691. The van der Waals surface area contributed by atoms with Crippen LogP contribution in [-0.4, -0.2) is 26.4 Å². The molecule has 1 amide bonds. The van der Waals surface area contributed by atoms with E-state index in [9.17, 15) is 4.79 Å². The Morgan fingerprint density at radius 3 is 2.45 bits per heavy atom. The maximum absolute atomic E-state index is 12.5. The SMILES string of the molecule is COc1ccc(Cl)cc1NC(=O)c1ccc(SC)cc1OC. The lowest BCUT2D eigenvalue weighted by molar-refractivity contribution is 0.102. The zero-order valence-corrected chi connectivity index (χ0v) is 14.0. The number of carbonyl (C=O) groups is 1. The number of carbonyl (C=O) groups excluding carboxylic acids is 1. The second-order valence-corrected chi connectivity index (χ2v) is 5.68. The molecule has 116 valence electrons. The van der Waals surface area contributed by atoms with Crippen molar-refractivity contribution in [3.8, 4) is 11.5 Å². The number of hydrogen-bond acceptors (Lipinski definition) is 4. The quantitative estimate of drug-likeness (QED) is 0.825. The Balaban J connectivity index is 2.31. The summed E-state index contributed by atoms with van der Waals surface area (Å²) in [5.74, 6) is 0.771. The molecule has 0 aliphatic rings. The largest absolute Gasteiger partial charge is 0.496 e. The molecule has 0 aliphatic heterocycles. The first-order valence-electron chi connectivity index (χ1n) is 6.46. The molecule has 0 bridgehead atoms. The van der Waals surface area contributed by atoms with Gasteiger partial charge in [0.25, 0.3) is 5.91 Å². The van der Waals surface area contributed by atoms with Crippen LogP contribution < -0.4 is 14.8 Å². The highest BCUT2D eigenvalue weighted by molar-refractivity contribution is 7.98. The van der Waals surface area contributed by atoms with Crippen molar-refractivity contribution in [3.63, 3.8) is 0 Å². The summed E-state index contributed by atoms with van der Waals surface area (Å²) >= 11 is 7.55. The molecule has 0 unspecified atom stereocenters. The van der Waals surface area contributed by atoms with Crippen molar-refractivity contribution >= 4 is 35.0 Å². The fraction of sp³-hybridized carbons (Fsp3) is 0.188. The van der Waals surface area contributed by atoms with Gasteiger partial charge < -0.3 is 14.8 Å². The molecule has 0 fully saturated rings. The van der Waals surface area contributed by atoms with Crippen LogP contribution >= 0.6 is 23.4 Å². The van der Waals surface area contributed by atoms with E-state index < -0.39 is 0 Å². The van der Waals surface area contributed by atoms with Gasteiger partial charge in [-0.3, -0.25) is 4.79 Å². The number of amides is 1. The number of halogens is 1. The molecular formula is C16H16ClNO3S. The summed E-state index contributed by atoms with van der Waals surface area (Å²) in [6.45, 7) is 0. The van der Waals surface area contributed by atoms with Gasteiger partial charge in [0, 0.05) is 9.92 Å². The summed E-state index contributed by atoms with van der Waals surface area (Å²) in [7, 11) is 3.07. The maximum Gasteiger partial charge on any atom is 0.259 e. The van der Waals surface area contributed by atoms with Crippen LogP contribution in [0.3, 0.4) is 0 Å². The van der Waals surface area contributed by atoms with Crippen LogP contribution in [0, 0.1) is 0 Å². The maximum atomic E-state index is 12.5. The van der Waals surface area contributed by atoms with E-state index in [0.717, 1.165) is 4.90 Å². The fourth-order valence-electron chi connectivity index (χ4n) is 1.95. The smallest absolute Gasteiger partial charge is 0.259 e. The van der Waals surface area contributed by atoms with Crippen LogP contribution in [0.25, 0.3) is 0 Å². The van der Waals surface area contributed by atoms with Gasteiger partial charge >= 0.3 is 0 Å². The highest BCUT2D eigenvalue weighted by Gasteiger charge is 2.15. The molecule has 0 aliphatic carbocycles. The van der Waals surface area contributed by atoms with E-state index >= 15 is 0 Å². The minimum absolute atomic E-state index is 0.287. The lowest BCUT2D eigenvalue weighted by atomic mass is 10.1. The van der Waals surface area contributed by atoms with E-state index in [4.69, 9.17) is 21.1 Å². The third kappa shape index (κ3) is 3.67. The summed E-state index contributed by atoms with van der Waals surface area (Å²) in [5.41, 5.74) is 0.957. The molecule has 2 aromatic rings. The molecule has 0 heterocycles. The Morgan fingerprint density at radius 2 is 1.82 bits per heavy atom. The monoisotopic (exact) mass is 337 g/mol. The van der Waals surface area contributed by atoms with Crippen LogP contribution in [0.1, 0.15) is 10.4 Å². The number of anilines is 1. The number of hydrogen-bond donors (Lipinski definition) is 1. The molecular weight excluding hydrogens is 322 g/mol. The lowest BCUT2D eigenvalue weighted by Gasteiger charge is -2.13. The van der Waals surface area contributed by atoms with Crippen molar-refractivity contribution in [3.05, 3.63) is 47.0 Å². The number of nitrogens with one attached hydrogen (secondary N) is 1. The summed E-state index contributed by atoms with van der Waals surface area (Å²) in [4.78, 5) is 13.5. The van der Waals surface area contributed by atoms with E-state index in [1.807, 2.05) is 18.4 Å². The van der Waals surface area contributed by atoms with Crippen LogP contribution in [0.2, 0.25) is 5.02 Å². The van der Waals surface area contributed by atoms with Gasteiger partial charge in [-0.05, 0) is 42.7 Å². The van der Waals surface area contributed by atoms with E-state index in [-0.39, 0.29) is 5.91 Å². The van der Waals surface area contributed by atoms with Gasteiger partial charge in [0.1, 0.15) is 11.5 Å². The van der Waals surface area contributed by atoms with Gasteiger partial charge in [0.05, 0.1) is 25.5 Å². The number of rotatable bonds is 5. The highest BCUT2D eigenvalue weighted by atomic mass is 35.5. The molecule has 4 nitrogen and oxygen atoms in total. The van der Waals surface area contributed by atoms with Gasteiger partial charge in [-0.1, -0.05) is 11.6 Å². The molecule has 0 atom stereocenters. The number of benzene rings is 2. The van der Waals surface area contributed by atoms with E-state index in [0.29, 0.717) is 27.8 Å². The average molecular weight is 338 g/mol. The van der Waals surface area contributed by atoms with Crippen molar-refractivity contribution in [2.24, 2.45) is 0 Å². The third-order valence-electron chi connectivity index (χ3n) is 3.06. The molecule has 0 spiro atoms. The number of methoxy groups -OCH3 is 2. The molecule has 0 aromatic heterocycles. The molecule has 0 saturated carbocycles. The average Bonchev–Trinajstić information content (AvgIpc) is 2.54. The van der Waals surface area contributed by atoms with Crippen LogP contribution in [-0.2, 0) is 0 Å². The minimum Gasteiger partial charge on any atom is -0.496 e. The van der Waals surface area contributed by atoms with E-state index in [2.05, 4.69) is 5.32 Å². The topological polar surface area (TPSA) is 47.6 Å². The molecule has 0 radical (unpaired) electrons. The van der Waals surface area contributed by atoms with Crippen LogP contribution in [0.5, 0.6) is 11.5 Å². The third-order valence-corrected chi connectivity index (χ3v) is 4.02. The van der Waals surface area contributed by atoms with Gasteiger partial charge in [-0.2, -0.15) is 0 Å².